The normalized spacial score (nSPS) is 39.9. The molecule has 3 rings (SSSR count). The third kappa shape index (κ3) is 2.46. The van der Waals surface area contributed by atoms with Gasteiger partial charge in [-0.05, 0) is 33.6 Å². The van der Waals surface area contributed by atoms with Crippen LogP contribution in [0.1, 0.15) is 40.5 Å². The van der Waals surface area contributed by atoms with E-state index in [9.17, 15) is 13.2 Å². The van der Waals surface area contributed by atoms with E-state index in [2.05, 4.69) is 0 Å². The SMILES string of the molecule is CCC(C)(C)C(=O)OC(C)OC1C2CC3C(O2)C1OS3(=O)=O. The lowest BCUT2D eigenvalue weighted by atomic mass is 9.91. The molecule has 3 aliphatic rings. The van der Waals surface area contributed by atoms with Gasteiger partial charge in [-0.2, -0.15) is 8.42 Å². The summed E-state index contributed by atoms with van der Waals surface area (Å²) in [5.74, 6) is -0.343. The Kier molecular flexibility index (Phi) is 3.79. The van der Waals surface area contributed by atoms with Gasteiger partial charge in [0.1, 0.15) is 23.6 Å². The van der Waals surface area contributed by atoms with Gasteiger partial charge in [-0.3, -0.25) is 8.98 Å². The Morgan fingerprint density at radius 3 is 2.68 bits per heavy atom. The molecule has 3 aliphatic heterocycles. The molecule has 0 saturated carbocycles. The summed E-state index contributed by atoms with van der Waals surface area (Å²) >= 11 is 0. The van der Waals surface area contributed by atoms with E-state index in [0.717, 1.165) is 0 Å². The number of fused-ring (bicyclic) bond motifs is 1. The first kappa shape index (κ1) is 16.2. The molecular formula is C14H22O7S. The molecule has 3 saturated heterocycles. The number of esters is 1. The van der Waals surface area contributed by atoms with Gasteiger partial charge < -0.3 is 14.2 Å². The predicted molar refractivity (Wildman–Crippen MR) is 75.4 cm³/mol. The fourth-order valence-corrected chi connectivity index (χ4v) is 4.74. The highest BCUT2D eigenvalue weighted by Gasteiger charge is 2.66. The van der Waals surface area contributed by atoms with Crippen molar-refractivity contribution in [2.24, 2.45) is 5.41 Å². The van der Waals surface area contributed by atoms with Gasteiger partial charge in [0.15, 0.2) is 0 Å². The van der Waals surface area contributed by atoms with Crippen LogP contribution in [-0.2, 0) is 33.3 Å². The maximum atomic E-state index is 12.0. The lowest BCUT2D eigenvalue weighted by Gasteiger charge is -2.28. The highest BCUT2D eigenvalue weighted by Crippen LogP contribution is 2.48. The number of carbonyl (C=O) groups excluding carboxylic acids is 1. The van der Waals surface area contributed by atoms with Crippen LogP contribution >= 0.6 is 0 Å². The van der Waals surface area contributed by atoms with Gasteiger partial charge in [0.2, 0.25) is 6.29 Å². The van der Waals surface area contributed by atoms with Crippen molar-refractivity contribution in [3.8, 4) is 0 Å². The van der Waals surface area contributed by atoms with Gasteiger partial charge in [-0.1, -0.05) is 6.92 Å². The highest BCUT2D eigenvalue weighted by atomic mass is 32.2. The molecule has 0 aromatic carbocycles. The van der Waals surface area contributed by atoms with Crippen molar-refractivity contribution in [2.75, 3.05) is 0 Å². The van der Waals surface area contributed by atoms with Gasteiger partial charge in [-0.25, -0.2) is 0 Å². The summed E-state index contributed by atoms with van der Waals surface area (Å²) in [5, 5.41) is -0.584. The first-order chi connectivity index (χ1) is 10.2. The zero-order chi connectivity index (χ0) is 16.3. The standard InChI is InChI=1S/C14H22O7S/c1-5-14(3,4)13(15)19-7(2)18-10-8-6-9-11(20-8)12(10)21-22(9,16)17/h7-12H,5-6H2,1-4H3. The predicted octanol–water partition coefficient (Wildman–Crippen LogP) is 0.965. The Labute approximate surface area is 130 Å². The minimum Gasteiger partial charge on any atom is -0.436 e. The van der Waals surface area contributed by atoms with E-state index in [1.54, 1.807) is 20.8 Å². The van der Waals surface area contributed by atoms with Gasteiger partial charge in [0, 0.05) is 0 Å². The molecule has 0 aliphatic carbocycles. The zero-order valence-electron chi connectivity index (χ0n) is 13.1. The van der Waals surface area contributed by atoms with Crippen LogP contribution in [0, 0.1) is 5.41 Å². The van der Waals surface area contributed by atoms with Crippen molar-refractivity contribution in [1.82, 2.24) is 0 Å². The molecule has 2 bridgehead atoms. The summed E-state index contributed by atoms with van der Waals surface area (Å²) in [7, 11) is -3.56. The Morgan fingerprint density at radius 1 is 1.36 bits per heavy atom. The minimum absolute atomic E-state index is 0.322. The molecule has 22 heavy (non-hydrogen) atoms. The van der Waals surface area contributed by atoms with Crippen LogP contribution in [0.3, 0.4) is 0 Å². The van der Waals surface area contributed by atoms with Crippen LogP contribution < -0.4 is 0 Å². The van der Waals surface area contributed by atoms with E-state index < -0.39 is 45.4 Å². The Bertz CT molecular complexity index is 570. The van der Waals surface area contributed by atoms with Crippen molar-refractivity contribution >= 4 is 16.1 Å². The average molecular weight is 334 g/mol. The second kappa shape index (κ2) is 5.15. The second-order valence-corrected chi connectivity index (χ2v) is 8.56. The van der Waals surface area contributed by atoms with Gasteiger partial charge in [-0.15, -0.1) is 0 Å². The number of rotatable bonds is 5. The van der Waals surface area contributed by atoms with Crippen LogP contribution in [0.5, 0.6) is 0 Å². The highest BCUT2D eigenvalue weighted by molar-refractivity contribution is 7.87. The minimum atomic E-state index is -3.56. The molecule has 6 atom stereocenters. The summed E-state index contributed by atoms with van der Waals surface area (Å²) in [6.07, 6.45) is -1.69. The van der Waals surface area contributed by atoms with E-state index in [-0.39, 0.29) is 12.1 Å². The molecule has 0 amide bonds. The van der Waals surface area contributed by atoms with Crippen LogP contribution in [0.25, 0.3) is 0 Å². The van der Waals surface area contributed by atoms with E-state index in [1.165, 1.54) is 0 Å². The molecule has 7 nitrogen and oxygen atoms in total. The molecule has 6 unspecified atom stereocenters. The summed E-state index contributed by atoms with van der Waals surface area (Å²) in [6.45, 7) is 7.14. The van der Waals surface area contributed by atoms with Gasteiger partial charge in [0.05, 0.1) is 11.5 Å². The van der Waals surface area contributed by atoms with E-state index in [4.69, 9.17) is 18.4 Å². The molecule has 0 N–H and O–H groups in total. The van der Waals surface area contributed by atoms with Crippen LogP contribution in [0.2, 0.25) is 0 Å². The molecule has 126 valence electrons. The summed E-state index contributed by atoms with van der Waals surface area (Å²) in [5.41, 5.74) is -0.582. The second-order valence-electron chi connectivity index (χ2n) is 6.78. The molecule has 8 heteroatoms. The van der Waals surface area contributed by atoms with Crippen molar-refractivity contribution in [1.29, 1.82) is 0 Å². The molecule has 0 aromatic rings. The zero-order valence-corrected chi connectivity index (χ0v) is 14.0. The summed E-state index contributed by atoms with van der Waals surface area (Å²) in [6, 6.07) is 0. The summed E-state index contributed by atoms with van der Waals surface area (Å²) < 4.78 is 45.4. The third-order valence-corrected chi connectivity index (χ3v) is 6.54. The maximum absolute atomic E-state index is 12.0. The molecule has 3 heterocycles. The van der Waals surface area contributed by atoms with Gasteiger partial charge in [0.25, 0.3) is 10.1 Å². The molecule has 0 radical (unpaired) electrons. The third-order valence-electron chi connectivity index (χ3n) is 4.85. The fourth-order valence-electron chi connectivity index (χ4n) is 3.09. The van der Waals surface area contributed by atoms with Crippen LogP contribution in [0.4, 0.5) is 0 Å². The first-order valence-corrected chi connectivity index (χ1v) is 9.07. The number of hydrogen-bond donors (Lipinski definition) is 0. The van der Waals surface area contributed by atoms with Crippen LogP contribution in [-0.4, -0.2) is 50.3 Å². The number of carbonyl (C=O) groups is 1. The number of ether oxygens (including phenoxy) is 3. The molecular weight excluding hydrogens is 312 g/mol. The van der Waals surface area contributed by atoms with Crippen molar-refractivity contribution in [3.05, 3.63) is 0 Å². The Balaban J connectivity index is 1.62. The van der Waals surface area contributed by atoms with Crippen molar-refractivity contribution in [3.63, 3.8) is 0 Å². The fraction of sp³-hybridized carbons (Fsp3) is 0.929. The largest absolute Gasteiger partial charge is 0.436 e. The van der Waals surface area contributed by atoms with Crippen molar-refractivity contribution in [2.45, 2.75) is 76.5 Å². The first-order valence-electron chi connectivity index (χ1n) is 7.60. The number of hydrogen-bond acceptors (Lipinski definition) is 7. The van der Waals surface area contributed by atoms with E-state index in [0.29, 0.717) is 12.8 Å². The Hall–Kier alpha value is -0.700. The monoisotopic (exact) mass is 334 g/mol. The van der Waals surface area contributed by atoms with Crippen LogP contribution in [0.15, 0.2) is 0 Å². The average Bonchev–Trinajstić information content (AvgIpc) is 3.02. The van der Waals surface area contributed by atoms with E-state index in [1.807, 2.05) is 6.92 Å². The molecule has 0 spiro atoms. The summed E-state index contributed by atoms with van der Waals surface area (Å²) in [4.78, 5) is 12.0. The maximum Gasteiger partial charge on any atom is 0.313 e. The quantitative estimate of drug-likeness (QED) is 0.420. The topological polar surface area (TPSA) is 88.1 Å². The van der Waals surface area contributed by atoms with Gasteiger partial charge >= 0.3 is 5.97 Å². The molecule has 3 fully saturated rings. The Morgan fingerprint density at radius 2 is 2.05 bits per heavy atom. The van der Waals surface area contributed by atoms with Crippen molar-refractivity contribution < 1.29 is 31.6 Å². The van der Waals surface area contributed by atoms with E-state index >= 15 is 0 Å². The lowest BCUT2D eigenvalue weighted by molar-refractivity contribution is -0.203. The lowest BCUT2D eigenvalue weighted by Crippen LogP contribution is -2.43. The smallest absolute Gasteiger partial charge is 0.313 e. The molecule has 0 aromatic heterocycles.